The van der Waals surface area contributed by atoms with Crippen LogP contribution in [0.3, 0.4) is 0 Å². The van der Waals surface area contributed by atoms with Gasteiger partial charge < -0.3 is 9.84 Å². The number of hydrogen-bond donors (Lipinski definition) is 1. The molecule has 0 amide bonds. The van der Waals surface area contributed by atoms with Crippen molar-refractivity contribution in [3.05, 3.63) is 28.2 Å². The van der Waals surface area contributed by atoms with Crippen LogP contribution in [0.5, 0.6) is 5.75 Å². The number of halogens is 1. The summed E-state index contributed by atoms with van der Waals surface area (Å²) in [6, 6.07) is 5.73. The standard InChI is InChI=1S/C13H19BrO2/c1-4-5-9(2)16-13-7-6-11(14)8-12(13)10(3)15/h6-10,15H,4-5H2,1-3H3. The van der Waals surface area contributed by atoms with E-state index in [9.17, 15) is 5.11 Å². The Kier molecular flexibility index (Phi) is 5.29. The first-order valence-corrected chi connectivity index (χ1v) is 6.48. The van der Waals surface area contributed by atoms with Gasteiger partial charge in [-0.25, -0.2) is 0 Å². The Morgan fingerprint density at radius 3 is 2.62 bits per heavy atom. The number of rotatable bonds is 5. The second kappa shape index (κ2) is 6.26. The highest BCUT2D eigenvalue weighted by molar-refractivity contribution is 9.10. The third-order valence-corrected chi connectivity index (χ3v) is 2.94. The monoisotopic (exact) mass is 286 g/mol. The van der Waals surface area contributed by atoms with Crippen molar-refractivity contribution < 1.29 is 9.84 Å². The minimum absolute atomic E-state index is 0.184. The summed E-state index contributed by atoms with van der Waals surface area (Å²) in [4.78, 5) is 0. The van der Waals surface area contributed by atoms with Crippen LogP contribution in [0.2, 0.25) is 0 Å². The van der Waals surface area contributed by atoms with Crippen molar-refractivity contribution in [3.63, 3.8) is 0 Å². The van der Waals surface area contributed by atoms with E-state index in [4.69, 9.17) is 4.74 Å². The van der Waals surface area contributed by atoms with Gasteiger partial charge in [-0.05, 0) is 38.5 Å². The van der Waals surface area contributed by atoms with Gasteiger partial charge in [-0.1, -0.05) is 29.3 Å². The summed E-state index contributed by atoms with van der Waals surface area (Å²) >= 11 is 3.39. The quantitative estimate of drug-likeness (QED) is 0.884. The van der Waals surface area contributed by atoms with E-state index < -0.39 is 6.10 Å². The Balaban J connectivity index is 2.86. The summed E-state index contributed by atoms with van der Waals surface area (Å²) in [6.07, 6.45) is 1.79. The average molecular weight is 287 g/mol. The lowest BCUT2D eigenvalue weighted by atomic mass is 10.1. The predicted molar refractivity (Wildman–Crippen MR) is 69.8 cm³/mol. The minimum Gasteiger partial charge on any atom is -0.490 e. The Bertz CT molecular complexity index is 337. The van der Waals surface area contributed by atoms with Crippen LogP contribution >= 0.6 is 15.9 Å². The fraction of sp³-hybridized carbons (Fsp3) is 0.538. The molecule has 1 aromatic rings. The van der Waals surface area contributed by atoms with Gasteiger partial charge in [0.15, 0.2) is 0 Å². The second-order valence-electron chi connectivity index (χ2n) is 4.08. The van der Waals surface area contributed by atoms with Gasteiger partial charge in [-0.2, -0.15) is 0 Å². The lowest BCUT2D eigenvalue weighted by Gasteiger charge is -2.18. The van der Waals surface area contributed by atoms with Crippen LogP contribution in [0.1, 0.15) is 45.3 Å². The SMILES string of the molecule is CCCC(C)Oc1ccc(Br)cc1C(C)O. The van der Waals surface area contributed by atoms with E-state index >= 15 is 0 Å². The summed E-state index contributed by atoms with van der Waals surface area (Å²) in [6.45, 7) is 5.94. The van der Waals surface area contributed by atoms with Gasteiger partial charge in [0, 0.05) is 10.0 Å². The number of ether oxygens (including phenoxy) is 1. The van der Waals surface area contributed by atoms with E-state index in [1.807, 2.05) is 18.2 Å². The van der Waals surface area contributed by atoms with E-state index in [0.717, 1.165) is 28.6 Å². The van der Waals surface area contributed by atoms with E-state index in [-0.39, 0.29) is 6.10 Å². The lowest BCUT2D eigenvalue weighted by molar-refractivity contribution is 0.174. The number of aliphatic hydroxyl groups excluding tert-OH is 1. The summed E-state index contributed by atoms with van der Waals surface area (Å²) in [5, 5.41) is 9.67. The van der Waals surface area contributed by atoms with E-state index in [1.165, 1.54) is 0 Å². The van der Waals surface area contributed by atoms with Gasteiger partial charge in [0.25, 0.3) is 0 Å². The number of aliphatic hydroxyl groups is 1. The van der Waals surface area contributed by atoms with Gasteiger partial charge in [0.1, 0.15) is 5.75 Å². The fourth-order valence-corrected chi connectivity index (χ4v) is 2.01. The molecule has 0 spiro atoms. The first kappa shape index (κ1) is 13.5. The third kappa shape index (κ3) is 3.80. The molecule has 0 saturated carbocycles. The van der Waals surface area contributed by atoms with Crippen molar-refractivity contribution in [1.82, 2.24) is 0 Å². The van der Waals surface area contributed by atoms with Crippen LogP contribution in [0.25, 0.3) is 0 Å². The highest BCUT2D eigenvalue weighted by atomic mass is 79.9. The smallest absolute Gasteiger partial charge is 0.125 e. The molecule has 1 rings (SSSR count). The van der Waals surface area contributed by atoms with Gasteiger partial charge in [0.05, 0.1) is 12.2 Å². The van der Waals surface area contributed by atoms with Crippen LogP contribution in [0.4, 0.5) is 0 Å². The molecular formula is C13H19BrO2. The molecule has 1 N–H and O–H groups in total. The summed E-state index contributed by atoms with van der Waals surface area (Å²) in [7, 11) is 0. The highest BCUT2D eigenvalue weighted by Crippen LogP contribution is 2.29. The first-order chi connectivity index (χ1) is 7.54. The second-order valence-corrected chi connectivity index (χ2v) is 4.99. The molecule has 90 valence electrons. The molecular weight excluding hydrogens is 268 g/mol. The zero-order valence-corrected chi connectivity index (χ0v) is 11.6. The molecule has 0 aliphatic heterocycles. The Hall–Kier alpha value is -0.540. The maximum Gasteiger partial charge on any atom is 0.125 e. The van der Waals surface area contributed by atoms with Crippen molar-refractivity contribution in [2.24, 2.45) is 0 Å². The van der Waals surface area contributed by atoms with Gasteiger partial charge in [-0.3, -0.25) is 0 Å². The van der Waals surface area contributed by atoms with E-state index in [2.05, 4.69) is 29.8 Å². The van der Waals surface area contributed by atoms with Crippen LogP contribution in [0, 0.1) is 0 Å². The van der Waals surface area contributed by atoms with Crippen molar-refractivity contribution in [3.8, 4) is 5.75 Å². The molecule has 0 saturated heterocycles. The predicted octanol–water partition coefficient (Wildman–Crippen LogP) is 4.07. The zero-order valence-electron chi connectivity index (χ0n) is 10.0. The van der Waals surface area contributed by atoms with Gasteiger partial charge in [0.2, 0.25) is 0 Å². The van der Waals surface area contributed by atoms with Crippen molar-refractivity contribution >= 4 is 15.9 Å². The van der Waals surface area contributed by atoms with Gasteiger partial charge >= 0.3 is 0 Å². The zero-order chi connectivity index (χ0) is 12.1. The van der Waals surface area contributed by atoms with Crippen LogP contribution < -0.4 is 4.74 Å². The first-order valence-electron chi connectivity index (χ1n) is 5.68. The Labute approximate surface area is 106 Å². The largest absolute Gasteiger partial charge is 0.490 e. The van der Waals surface area contributed by atoms with E-state index in [1.54, 1.807) is 6.92 Å². The molecule has 1 aromatic carbocycles. The molecule has 16 heavy (non-hydrogen) atoms. The summed E-state index contributed by atoms with van der Waals surface area (Å²) in [5.74, 6) is 0.777. The van der Waals surface area contributed by atoms with E-state index in [0.29, 0.717) is 0 Å². The van der Waals surface area contributed by atoms with Crippen molar-refractivity contribution in [1.29, 1.82) is 0 Å². The topological polar surface area (TPSA) is 29.5 Å². The maximum absolute atomic E-state index is 9.67. The Morgan fingerprint density at radius 1 is 1.38 bits per heavy atom. The number of benzene rings is 1. The molecule has 0 bridgehead atoms. The normalized spacial score (nSPS) is 14.6. The van der Waals surface area contributed by atoms with Crippen LogP contribution in [0.15, 0.2) is 22.7 Å². The maximum atomic E-state index is 9.67. The molecule has 0 heterocycles. The molecule has 0 aliphatic carbocycles. The summed E-state index contributed by atoms with van der Waals surface area (Å²) in [5.41, 5.74) is 0.831. The molecule has 2 unspecified atom stereocenters. The van der Waals surface area contributed by atoms with Gasteiger partial charge in [-0.15, -0.1) is 0 Å². The molecule has 0 fully saturated rings. The molecule has 0 aliphatic rings. The number of hydrogen-bond acceptors (Lipinski definition) is 2. The average Bonchev–Trinajstić information content (AvgIpc) is 2.20. The molecule has 2 nitrogen and oxygen atoms in total. The molecule has 0 radical (unpaired) electrons. The minimum atomic E-state index is -0.513. The summed E-state index contributed by atoms with van der Waals surface area (Å²) < 4.78 is 6.78. The molecule has 3 heteroatoms. The molecule has 0 aromatic heterocycles. The highest BCUT2D eigenvalue weighted by Gasteiger charge is 2.12. The van der Waals surface area contributed by atoms with Crippen molar-refractivity contribution in [2.75, 3.05) is 0 Å². The van der Waals surface area contributed by atoms with Crippen molar-refractivity contribution in [2.45, 2.75) is 45.8 Å². The molecule has 2 atom stereocenters. The lowest BCUT2D eigenvalue weighted by Crippen LogP contribution is -2.12. The third-order valence-electron chi connectivity index (χ3n) is 2.45. The Morgan fingerprint density at radius 2 is 2.06 bits per heavy atom. The van der Waals surface area contributed by atoms with Crippen LogP contribution in [-0.2, 0) is 0 Å². The fourth-order valence-electron chi connectivity index (χ4n) is 1.64. The van der Waals surface area contributed by atoms with Crippen LogP contribution in [-0.4, -0.2) is 11.2 Å².